The second-order valence-electron chi connectivity index (χ2n) is 3.74. The van der Waals surface area contributed by atoms with E-state index in [9.17, 15) is 9.59 Å². The molecule has 1 aliphatic rings. The quantitative estimate of drug-likeness (QED) is 0.703. The zero-order valence-electron chi connectivity index (χ0n) is 9.35. The summed E-state index contributed by atoms with van der Waals surface area (Å²) in [5, 5.41) is 5.62. The third-order valence-corrected chi connectivity index (χ3v) is 2.53. The highest BCUT2D eigenvalue weighted by molar-refractivity contribution is 6.69. The van der Waals surface area contributed by atoms with E-state index in [1.54, 1.807) is 38.4 Å². The van der Waals surface area contributed by atoms with Crippen LogP contribution < -0.4 is 5.01 Å². The average Bonchev–Trinajstić information content (AvgIpc) is 2.58. The van der Waals surface area contributed by atoms with E-state index < -0.39 is 11.7 Å². The number of likely N-dealkylation sites (N-methyl/N-ethyl adjacent to an activating group) is 1. The number of carbonyl (C=O) groups is 2. The van der Waals surface area contributed by atoms with E-state index in [0.717, 1.165) is 5.01 Å². The maximum atomic E-state index is 11.7. The van der Waals surface area contributed by atoms with Gasteiger partial charge in [0.2, 0.25) is 5.84 Å². The van der Waals surface area contributed by atoms with E-state index in [1.807, 2.05) is 0 Å². The molecule has 0 aromatic heterocycles. The van der Waals surface area contributed by atoms with Crippen LogP contribution in [0.15, 0.2) is 29.4 Å². The minimum Gasteiger partial charge on any atom is -0.358 e. The van der Waals surface area contributed by atoms with Crippen molar-refractivity contribution >= 4 is 34.8 Å². The molecule has 0 bridgehead atoms. The number of nitrogens with zero attached hydrogens (tertiary/aromatic N) is 3. The molecule has 0 atom stereocenters. The Kier molecular flexibility index (Phi) is 2.85. The first-order chi connectivity index (χ1) is 8.00. The van der Waals surface area contributed by atoms with E-state index in [0.29, 0.717) is 10.7 Å². The molecule has 2 rings (SSSR count). The zero-order chi connectivity index (χ0) is 12.6. The summed E-state index contributed by atoms with van der Waals surface area (Å²) in [4.78, 5) is 24.8. The van der Waals surface area contributed by atoms with Crippen LogP contribution in [0.4, 0.5) is 5.69 Å². The summed E-state index contributed by atoms with van der Waals surface area (Å²) in [6, 6.07) is 6.54. The first kappa shape index (κ1) is 11.6. The van der Waals surface area contributed by atoms with Gasteiger partial charge in [0.05, 0.1) is 5.69 Å². The van der Waals surface area contributed by atoms with Crippen molar-refractivity contribution in [3.8, 4) is 0 Å². The number of hydrazone groups is 1. The van der Waals surface area contributed by atoms with Crippen molar-refractivity contribution in [2.24, 2.45) is 5.10 Å². The van der Waals surface area contributed by atoms with Gasteiger partial charge in [-0.15, -0.1) is 5.10 Å². The Hall–Kier alpha value is -1.88. The van der Waals surface area contributed by atoms with Gasteiger partial charge < -0.3 is 4.90 Å². The van der Waals surface area contributed by atoms with E-state index in [4.69, 9.17) is 11.6 Å². The number of carbonyl (C=O) groups excluding carboxylic acids is 2. The number of amides is 1. The minimum absolute atomic E-state index is 0.130. The van der Waals surface area contributed by atoms with Crippen LogP contribution in [-0.4, -0.2) is 36.5 Å². The zero-order valence-corrected chi connectivity index (χ0v) is 10.1. The molecule has 5 nitrogen and oxygen atoms in total. The second kappa shape index (κ2) is 4.18. The number of halogens is 1. The molecule has 0 N–H and O–H groups in total. The monoisotopic (exact) mass is 251 g/mol. The maximum absolute atomic E-state index is 11.7. The highest BCUT2D eigenvalue weighted by Crippen LogP contribution is 2.21. The van der Waals surface area contributed by atoms with Crippen LogP contribution in [-0.2, 0) is 9.59 Å². The van der Waals surface area contributed by atoms with Crippen LogP contribution in [0.3, 0.4) is 0 Å². The van der Waals surface area contributed by atoms with Crippen LogP contribution in [0.1, 0.15) is 0 Å². The van der Waals surface area contributed by atoms with Gasteiger partial charge in [-0.2, -0.15) is 5.01 Å². The molecule has 1 aromatic carbocycles. The Labute approximate surface area is 103 Å². The first-order valence-electron chi connectivity index (χ1n) is 4.91. The lowest BCUT2D eigenvalue weighted by Gasteiger charge is -2.10. The Balaban J connectivity index is 2.37. The van der Waals surface area contributed by atoms with Crippen molar-refractivity contribution in [2.45, 2.75) is 0 Å². The summed E-state index contributed by atoms with van der Waals surface area (Å²) >= 11 is 5.75. The van der Waals surface area contributed by atoms with Gasteiger partial charge in [0.25, 0.3) is 5.78 Å². The molecule has 6 heteroatoms. The third kappa shape index (κ3) is 2.01. The predicted molar refractivity (Wildman–Crippen MR) is 65.1 cm³/mol. The molecule has 0 radical (unpaired) electrons. The Morgan fingerprint density at radius 3 is 2.24 bits per heavy atom. The minimum atomic E-state index is -0.656. The Bertz CT molecular complexity index is 508. The van der Waals surface area contributed by atoms with Crippen LogP contribution in [0.5, 0.6) is 0 Å². The summed E-state index contributed by atoms with van der Waals surface area (Å²) in [5.74, 6) is -1.13. The van der Waals surface area contributed by atoms with Crippen LogP contribution >= 0.6 is 11.6 Å². The lowest BCUT2D eigenvalue weighted by Crippen LogP contribution is -2.32. The van der Waals surface area contributed by atoms with Crippen molar-refractivity contribution in [1.29, 1.82) is 0 Å². The number of anilines is 1. The SMILES string of the molecule is CN(C)C1=NN(c2ccc(Cl)cc2)C(=O)C1=O. The average molecular weight is 252 g/mol. The van der Waals surface area contributed by atoms with Crippen LogP contribution in [0, 0.1) is 0 Å². The van der Waals surface area contributed by atoms with Crippen molar-refractivity contribution < 1.29 is 9.59 Å². The van der Waals surface area contributed by atoms with Crippen molar-refractivity contribution in [3.05, 3.63) is 29.3 Å². The standard InChI is InChI=1S/C11H10ClN3O2/c1-14(2)10-9(16)11(17)15(13-10)8-5-3-7(12)4-6-8/h3-6H,1-2H3. The topological polar surface area (TPSA) is 53.0 Å². The fraction of sp³-hybridized carbons (Fsp3) is 0.182. The predicted octanol–water partition coefficient (Wildman–Crippen LogP) is 1.13. The molecule has 1 heterocycles. The fourth-order valence-corrected chi connectivity index (χ4v) is 1.55. The first-order valence-corrected chi connectivity index (χ1v) is 5.29. The number of ketones is 1. The van der Waals surface area contributed by atoms with Gasteiger partial charge >= 0.3 is 5.91 Å². The highest BCUT2D eigenvalue weighted by atomic mass is 35.5. The summed E-state index contributed by atoms with van der Waals surface area (Å²) in [6.45, 7) is 0. The smallest absolute Gasteiger partial charge is 0.323 e. The molecule has 0 saturated heterocycles. The van der Waals surface area contributed by atoms with E-state index in [2.05, 4.69) is 5.10 Å². The fourth-order valence-electron chi connectivity index (χ4n) is 1.43. The van der Waals surface area contributed by atoms with E-state index >= 15 is 0 Å². The molecule has 0 unspecified atom stereocenters. The van der Waals surface area contributed by atoms with Crippen molar-refractivity contribution in [2.75, 3.05) is 19.1 Å². The largest absolute Gasteiger partial charge is 0.358 e. The van der Waals surface area contributed by atoms with Crippen LogP contribution in [0.2, 0.25) is 5.02 Å². The molecule has 17 heavy (non-hydrogen) atoms. The van der Waals surface area contributed by atoms with Crippen molar-refractivity contribution in [3.63, 3.8) is 0 Å². The van der Waals surface area contributed by atoms with Gasteiger partial charge in [-0.25, -0.2) is 0 Å². The number of amidine groups is 1. The molecule has 0 aliphatic carbocycles. The van der Waals surface area contributed by atoms with Gasteiger partial charge in [0.15, 0.2) is 0 Å². The molecule has 1 amide bonds. The highest BCUT2D eigenvalue weighted by Gasteiger charge is 2.36. The number of hydrogen-bond donors (Lipinski definition) is 0. The lowest BCUT2D eigenvalue weighted by molar-refractivity contribution is -0.131. The Morgan fingerprint density at radius 1 is 1.18 bits per heavy atom. The number of rotatable bonds is 1. The summed E-state index contributed by atoms with van der Waals surface area (Å²) in [5.41, 5.74) is 0.518. The van der Waals surface area contributed by atoms with Gasteiger partial charge in [-0.3, -0.25) is 9.59 Å². The molecular weight excluding hydrogens is 242 g/mol. The number of benzene rings is 1. The Morgan fingerprint density at radius 2 is 1.76 bits per heavy atom. The molecule has 1 aliphatic heterocycles. The van der Waals surface area contributed by atoms with Gasteiger partial charge in [0.1, 0.15) is 0 Å². The summed E-state index contributed by atoms with van der Waals surface area (Å²) in [7, 11) is 3.32. The normalized spacial score (nSPS) is 15.2. The van der Waals surface area contributed by atoms with Gasteiger partial charge in [-0.1, -0.05) is 11.6 Å². The molecule has 0 saturated carbocycles. The number of Topliss-reactive ketones (excluding diaryl/α,β-unsaturated/α-hetero) is 1. The molecule has 1 aromatic rings. The third-order valence-electron chi connectivity index (χ3n) is 2.28. The lowest BCUT2D eigenvalue weighted by atomic mass is 10.3. The summed E-state index contributed by atoms with van der Waals surface area (Å²) in [6.07, 6.45) is 0. The molecular formula is C11H10ClN3O2. The van der Waals surface area contributed by atoms with E-state index in [1.165, 1.54) is 4.90 Å². The summed E-state index contributed by atoms with van der Waals surface area (Å²) < 4.78 is 0. The van der Waals surface area contributed by atoms with E-state index in [-0.39, 0.29) is 5.84 Å². The van der Waals surface area contributed by atoms with Gasteiger partial charge in [0, 0.05) is 19.1 Å². The molecule has 88 valence electrons. The van der Waals surface area contributed by atoms with Crippen LogP contribution in [0.25, 0.3) is 0 Å². The van der Waals surface area contributed by atoms with Gasteiger partial charge in [-0.05, 0) is 24.3 Å². The maximum Gasteiger partial charge on any atom is 0.323 e. The number of hydrogen-bond acceptors (Lipinski definition) is 4. The van der Waals surface area contributed by atoms with Crippen molar-refractivity contribution in [1.82, 2.24) is 4.90 Å². The molecule has 0 spiro atoms. The molecule has 0 fully saturated rings. The second-order valence-corrected chi connectivity index (χ2v) is 4.18.